The molecule has 0 N–H and O–H groups in total. The Balaban J connectivity index is 2.16. The van der Waals surface area contributed by atoms with Crippen LogP contribution in [0, 0.1) is 6.92 Å². The van der Waals surface area contributed by atoms with E-state index in [9.17, 15) is 13.2 Å². The average molecular weight is 301 g/mol. The molecule has 1 heterocycles. The van der Waals surface area contributed by atoms with Gasteiger partial charge in [-0.05, 0) is 37.6 Å². The summed E-state index contributed by atoms with van der Waals surface area (Å²) in [6, 6.07) is 13.5. The van der Waals surface area contributed by atoms with Crippen molar-refractivity contribution in [3.63, 3.8) is 0 Å². The van der Waals surface area contributed by atoms with Crippen LogP contribution in [-0.4, -0.2) is 14.3 Å². The van der Waals surface area contributed by atoms with E-state index in [4.69, 9.17) is 0 Å². The highest BCUT2D eigenvalue weighted by molar-refractivity contribution is 7.93. The van der Waals surface area contributed by atoms with Crippen molar-refractivity contribution in [3.8, 4) is 0 Å². The summed E-state index contributed by atoms with van der Waals surface area (Å²) in [5, 5.41) is 0. The SMILES string of the molecule is Cc1ccc(S(=O)(=O)N2C(=O)C(C)c3ccccc32)cc1. The highest BCUT2D eigenvalue weighted by Crippen LogP contribution is 2.40. The van der Waals surface area contributed by atoms with Gasteiger partial charge in [0.2, 0.25) is 5.91 Å². The van der Waals surface area contributed by atoms with Crippen LogP contribution in [0.25, 0.3) is 0 Å². The molecule has 1 aliphatic heterocycles. The molecule has 0 bridgehead atoms. The maximum atomic E-state index is 12.8. The lowest BCUT2D eigenvalue weighted by Gasteiger charge is -2.18. The summed E-state index contributed by atoms with van der Waals surface area (Å²) in [6.07, 6.45) is 0. The lowest BCUT2D eigenvalue weighted by molar-refractivity contribution is -0.117. The topological polar surface area (TPSA) is 54.5 Å². The van der Waals surface area contributed by atoms with Crippen molar-refractivity contribution in [2.24, 2.45) is 0 Å². The smallest absolute Gasteiger partial charge is 0.270 e. The Morgan fingerprint density at radius 3 is 2.29 bits per heavy atom. The van der Waals surface area contributed by atoms with Gasteiger partial charge < -0.3 is 0 Å². The Bertz CT molecular complexity index is 810. The monoisotopic (exact) mass is 301 g/mol. The molecule has 0 saturated carbocycles. The van der Waals surface area contributed by atoms with Gasteiger partial charge in [0.25, 0.3) is 10.0 Å². The Morgan fingerprint density at radius 2 is 1.62 bits per heavy atom. The van der Waals surface area contributed by atoms with Gasteiger partial charge in [0, 0.05) is 0 Å². The Hall–Kier alpha value is -2.14. The lowest BCUT2D eigenvalue weighted by atomic mass is 10.0. The van der Waals surface area contributed by atoms with Gasteiger partial charge >= 0.3 is 0 Å². The first kappa shape index (κ1) is 13.8. The summed E-state index contributed by atoms with van der Waals surface area (Å²) in [7, 11) is -3.87. The Kier molecular flexibility index (Phi) is 3.10. The van der Waals surface area contributed by atoms with Crippen LogP contribution in [0.1, 0.15) is 24.0 Å². The zero-order valence-corrected chi connectivity index (χ0v) is 12.6. The van der Waals surface area contributed by atoms with E-state index in [2.05, 4.69) is 0 Å². The van der Waals surface area contributed by atoms with Crippen LogP contribution in [0.15, 0.2) is 53.4 Å². The second-order valence-corrected chi connectivity index (χ2v) is 6.99. The minimum atomic E-state index is -3.87. The molecule has 1 unspecified atom stereocenters. The molecule has 5 heteroatoms. The molecule has 2 aromatic rings. The van der Waals surface area contributed by atoms with Crippen LogP contribution in [0.3, 0.4) is 0 Å². The third-order valence-electron chi connectivity index (χ3n) is 3.75. The molecule has 0 saturated heterocycles. The van der Waals surface area contributed by atoms with E-state index in [-0.39, 0.29) is 4.90 Å². The normalized spacial score (nSPS) is 17.9. The van der Waals surface area contributed by atoms with E-state index in [1.165, 1.54) is 12.1 Å². The number of fused-ring (bicyclic) bond motifs is 1. The summed E-state index contributed by atoms with van der Waals surface area (Å²) in [4.78, 5) is 12.5. The number of carbonyl (C=O) groups is 1. The van der Waals surface area contributed by atoms with E-state index in [1.54, 1.807) is 37.3 Å². The van der Waals surface area contributed by atoms with Crippen molar-refractivity contribution >= 4 is 21.6 Å². The molecule has 1 amide bonds. The van der Waals surface area contributed by atoms with Gasteiger partial charge in [-0.1, -0.05) is 35.9 Å². The predicted molar refractivity (Wildman–Crippen MR) is 80.7 cm³/mol. The summed E-state index contributed by atoms with van der Waals surface area (Å²) in [5.74, 6) is -0.849. The van der Waals surface area contributed by atoms with Crippen LogP contribution in [0.5, 0.6) is 0 Å². The molecule has 0 spiro atoms. The summed E-state index contributed by atoms with van der Waals surface area (Å²) < 4.78 is 26.5. The number of rotatable bonds is 2. The number of hydrogen-bond acceptors (Lipinski definition) is 3. The molecule has 0 aliphatic carbocycles. The molecule has 21 heavy (non-hydrogen) atoms. The van der Waals surface area contributed by atoms with Crippen LogP contribution in [-0.2, 0) is 14.8 Å². The molecule has 0 fully saturated rings. The number of benzene rings is 2. The van der Waals surface area contributed by atoms with Crippen molar-refractivity contribution < 1.29 is 13.2 Å². The molecule has 108 valence electrons. The van der Waals surface area contributed by atoms with E-state index in [0.717, 1.165) is 15.4 Å². The van der Waals surface area contributed by atoms with Crippen LogP contribution >= 0.6 is 0 Å². The minimum absolute atomic E-state index is 0.130. The molecule has 0 aromatic heterocycles. The van der Waals surface area contributed by atoms with Crippen molar-refractivity contribution in [2.75, 3.05) is 4.31 Å². The number of aryl methyl sites for hydroxylation is 1. The zero-order valence-electron chi connectivity index (χ0n) is 11.8. The zero-order chi connectivity index (χ0) is 15.2. The van der Waals surface area contributed by atoms with Gasteiger partial charge in [-0.15, -0.1) is 0 Å². The second kappa shape index (κ2) is 4.70. The van der Waals surface area contributed by atoms with E-state index in [0.29, 0.717) is 5.69 Å². The molecular weight excluding hydrogens is 286 g/mol. The van der Waals surface area contributed by atoms with Crippen LogP contribution < -0.4 is 4.31 Å². The lowest BCUT2D eigenvalue weighted by Crippen LogP contribution is -2.34. The first-order chi connectivity index (χ1) is 9.93. The number of amides is 1. The fourth-order valence-electron chi connectivity index (χ4n) is 2.53. The number of hydrogen-bond donors (Lipinski definition) is 0. The molecule has 3 rings (SSSR count). The molecule has 0 radical (unpaired) electrons. The standard InChI is InChI=1S/C16H15NO3S/c1-11-7-9-13(10-8-11)21(19,20)17-15-6-4-3-5-14(15)12(2)16(17)18/h3-10,12H,1-2H3. The Morgan fingerprint density at radius 1 is 1.00 bits per heavy atom. The van der Waals surface area contributed by atoms with Crippen molar-refractivity contribution in [1.29, 1.82) is 0 Å². The second-order valence-electron chi connectivity index (χ2n) is 5.20. The molecular formula is C16H15NO3S. The molecule has 2 aromatic carbocycles. The number of anilines is 1. The van der Waals surface area contributed by atoms with Gasteiger partial charge in [0.05, 0.1) is 16.5 Å². The third-order valence-corrected chi connectivity index (χ3v) is 5.48. The molecule has 1 aliphatic rings. The van der Waals surface area contributed by atoms with Gasteiger partial charge in [-0.25, -0.2) is 12.7 Å². The highest BCUT2D eigenvalue weighted by Gasteiger charge is 2.41. The van der Waals surface area contributed by atoms with E-state index in [1.807, 2.05) is 13.0 Å². The predicted octanol–water partition coefficient (Wildman–Crippen LogP) is 2.83. The third kappa shape index (κ3) is 2.05. The quantitative estimate of drug-likeness (QED) is 0.857. The van der Waals surface area contributed by atoms with Crippen molar-refractivity contribution in [2.45, 2.75) is 24.7 Å². The van der Waals surface area contributed by atoms with Crippen LogP contribution in [0.2, 0.25) is 0 Å². The number of para-hydroxylation sites is 1. The van der Waals surface area contributed by atoms with Gasteiger partial charge in [0.1, 0.15) is 0 Å². The van der Waals surface area contributed by atoms with Crippen molar-refractivity contribution in [3.05, 3.63) is 59.7 Å². The number of nitrogens with zero attached hydrogens (tertiary/aromatic N) is 1. The first-order valence-corrected chi connectivity index (χ1v) is 8.11. The van der Waals surface area contributed by atoms with Crippen LogP contribution in [0.4, 0.5) is 5.69 Å². The number of sulfonamides is 1. The maximum absolute atomic E-state index is 12.8. The maximum Gasteiger partial charge on any atom is 0.270 e. The summed E-state index contributed by atoms with van der Waals surface area (Å²) in [6.45, 7) is 3.61. The van der Waals surface area contributed by atoms with E-state index < -0.39 is 21.8 Å². The molecule has 4 nitrogen and oxygen atoms in total. The minimum Gasteiger partial charge on any atom is -0.273 e. The van der Waals surface area contributed by atoms with Gasteiger partial charge in [-0.3, -0.25) is 4.79 Å². The Labute approximate surface area is 124 Å². The fraction of sp³-hybridized carbons (Fsp3) is 0.188. The largest absolute Gasteiger partial charge is 0.273 e. The number of carbonyl (C=O) groups excluding carboxylic acids is 1. The van der Waals surface area contributed by atoms with E-state index >= 15 is 0 Å². The first-order valence-electron chi connectivity index (χ1n) is 6.67. The van der Waals surface area contributed by atoms with Crippen molar-refractivity contribution in [1.82, 2.24) is 0 Å². The average Bonchev–Trinajstić information content (AvgIpc) is 2.72. The van der Waals surface area contributed by atoms with Gasteiger partial charge in [0.15, 0.2) is 0 Å². The summed E-state index contributed by atoms with van der Waals surface area (Å²) >= 11 is 0. The highest BCUT2D eigenvalue weighted by atomic mass is 32.2. The fourth-order valence-corrected chi connectivity index (χ4v) is 4.04. The summed E-state index contributed by atoms with van der Waals surface area (Å²) in [5.41, 5.74) is 2.17. The van der Waals surface area contributed by atoms with Gasteiger partial charge in [-0.2, -0.15) is 0 Å². The molecule has 1 atom stereocenters.